The molecule has 2 aromatic carbocycles. The average molecular weight is 317 g/mol. The van der Waals surface area contributed by atoms with Crippen LogP contribution < -0.4 is 19.5 Å². The molecule has 1 aliphatic rings. The van der Waals surface area contributed by atoms with Gasteiger partial charge < -0.3 is 19.5 Å². The minimum Gasteiger partial charge on any atom is -0.493 e. The van der Waals surface area contributed by atoms with E-state index in [4.69, 9.17) is 14.2 Å². The molecule has 6 heteroatoms. The number of rotatable bonds is 5. The van der Waals surface area contributed by atoms with E-state index in [0.29, 0.717) is 36.1 Å². The number of amides is 1. The lowest BCUT2D eigenvalue weighted by Crippen LogP contribution is -2.17. The van der Waals surface area contributed by atoms with Gasteiger partial charge in [-0.25, -0.2) is 4.39 Å². The third-order valence-corrected chi connectivity index (χ3v) is 3.22. The smallest absolute Gasteiger partial charge is 0.227 e. The molecule has 0 saturated heterocycles. The molecule has 1 aliphatic heterocycles. The van der Waals surface area contributed by atoms with Crippen molar-refractivity contribution in [3.05, 3.63) is 48.3 Å². The zero-order valence-electron chi connectivity index (χ0n) is 12.4. The lowest BCUT2D eigenvalue weighted by atomic mass is 10.2. The van der Waals surface area contributed by atoms with Crippen molar-refractivity contribution in [2.75, 3.05) is 25.1 Å². The van der Waals surface area contributed by atoms with Crippen LogP contribution in [0.5, 0.6) is 17.2 Å². The van der Waals surface area contributed by atoms with Gasteiger partial charge in [-0.05, 0) is 24.3 Å². The normalized spacial score (nSPS) is 12.6. The Labute approximate surface area is 133 Å². The highest BCUT2D eigenvalue weighted by Crippen LogP contribution is 2.32. The highest BCUT2D eigenvalue weighted by molar-refractivity contribution is 5.91. The zero-order chi connectivity index (χ0) is 16.1. The summed E-state index contributed by atoms with van der Waals surface area (Å²) in [6.07, 6.45) is 0.158. The molecule has 0 radical (unpaired) electrons. The Balaban J connectivity index is 1.49. The predicted molar refractivity (Wildman–Crippen MR) is 82.6 cm³/mol. The van der Waals surface area contributed by atoms with E-state index < -0.39 is 0 Å². The van der Waals surface area contributed by atoms with Crippen molar-refractivity contribution in [2.45, 2.75) is 6.42 Å². The van der Waals surface area contributed by atoms with Crippen LogP contribution in [0.2, 0.25) is 0 Å². The van der Waals surface area contributed by atoms with E-state index in [9.17, 15) is 9.18 Å². The second kappa shape index (κ2) is 7.00. The van der Waals surface area contributed by atoms with Gasteiger partial charge in [-0.15, -0.1) is 0 Å². The number of hydrogen-bond donors (Lipinski definition) is 1. The monoisotopic (exact) mass is 317 g/mol. The first-order chi connectivity index (χ1) is 11.2. The van der Waals surface area contributed by atoms with Gasteiger partial charge in [0.1, 0.15) is 24.8 Å². The fourth-order valence-electron chi connectivity index (χ4n) is 2.16. The number of carbonyl (C=O) groups is 1. The van der Waals surface area contributed by atoms with E-state index in [1.54, 1.807) is 30.3 Å². The van der Waals surface area contributed by atoms with Gasteiger partial charge in [0, 0.05) is 17.8 Å². The van der Waals surface area contributed by atoms with E-state index in [-0.39, 0.29) is 24.8 Å². The highest BCUT2D eigenvalue weighted by atomic mass is 19.1. The van der Waals surface area contributed by atoms with Crippen molar-refractivity contribution in [1.82, 2.24) is 0 Å². The second-order valence-corrected chi connectivity index (χ2v) is 4.96. The molecule has 0 unspecified atom stereocenters. The average Bonchev–Trinajstić information content (AvgIpc) is 2.55. The Morgan fingerprint density at radius 3 is 2.78 bits per heavy atom. The van der Waals surface area contributed by atoms with Crippen molar-refractivity contribution in [3.8, 4) is 17.2 Å². The number of halogens is 1. The van der Waals surface area contributed by atoms with Crippen molar-refractivity contribution in [2.24, 2.45) is 0 Å². The summed E-state index contributed by atoms with van der Waals surface area (Å²) in [4.78, 5) is 11.9. The summed E-state index contributed by atoms with van der Waals surface area (Å²) in [6.45, 7) is 1.18. The van der Waals surface area contributed by atoms with E-state index in [1.807, 2.05) is 0 Å². The minimum absolute atomic E-state index is 0.158. The van der Waals surface area contributed by atoms with Crippen molar-refractivity contribution in [1.29, 1.82) is 0 Å². The first-order valence-corrected chi connectivity index (χ1v) is 7.28. The number of fused-ring (bicyclic) bond motifs is 1. The van der Waals surface area contributed by atoms with Gasteiger partial charge in [-0.3, -0.25) is 4.79 Å². The number of anilines is 1. The van der Waals surface area contributed by atoms with Crippen LogP contribution in [-0.4, -0.2) is 25.7 Å². The lowest BCUT2D eigenvalue weighted by molar-refractivity contribution is -0.116. The minimum atomic E-state index is -0.372. The van der Waals surface area contributed by atoms with E-state index in [1.165, 1.54) is 12.1 Å². The quantitative estimate of drug-likeness (QED) is 0.921. The van der Waals surface area contributed by atoms with Crippen LogP contribution >= 0.6 is 0 Å². The number of hydrogen-bond acceptors (Lipinski definition) is 4. The second-order valence-electron chi connectivity index (χ2n) is 4.96. The van der Waals surface area contributed by atoms with Crippen LogP contribution in [0.25, 0.3) is 0 Å². The van der Waals surface area contributed by atoms with Crippen LogP contribution in [0.1, 0.15) is 6.42 Å². The molecule has 0 fully saturated rings. The summed E-state index contributed by atoms with van der Waals surface area (Å²) in [5.74, 6) is 1.12. The van der Waals surface area contributed by atoms with Crippen molar-refractivity contribution >= 4 is 11.6 Å². The molecule has 120 valence electrons. The maximum atomic E-state index is 13.0. The van der Waals surface area contributed by atoms with Gasteiger partial charge >= 0.3 is 0 Å². The first kappa shape index (κ1) is 15.1. The first-order valence-electron chi connectivity index (χ1n) is 7.28. The van der Waals surface area contributed by atoms with E-state index in [0.717, 1.165) is 0 Å². The maximum absolute atomic E-state index is 13.0. The Morgan fingerprint density at radius 2 is 1.96 bits per heavy atom. The van der Waals surface area contributed by atoms with Gasteiger partial charge in [-0.1, -0.05) is 6.07 Å². The van der Waals surface area contributed by atoms with Crippen LogP contribution in [0.15, 0.2) is 42.5 Å². The Bertz CT molecular complexity index is 705. The van der Waals surface area contributed by atoms with Crippen LogP contribution in [0.4, 0.5) is 10.1 Å². The number of carbonyl (C=O) groups excluding carboxylic acids is 1. The predicted octanol–water partition coefficient (Wildman–Crippen LogP) is 3.00. The molecule has 0 atom stereocenters. The highest BCUT2D eigenvalue weighted by Gasteiger charge is 2.12. The molecule has 23 heavy (non-hydrogen) atoms. The third-order valence-electron chi connectivity index (χ3n) is 3.22. The number of ether oxygens (including phenoxy) is 3. The van der Waals surface area contributed by atoms with E-state index >= 15 is 0 Å². The lowest BCUT2D eigenvalue weighted by Gasteiger charge is -2.19. The molecule has 1 heterocycles. The number of benzene rings is 2. The molecule has 0 aliphatic carbocycles. The van der Waals surface area contributed by atoms with Crippen molar-refractivity contribution < 1.29 is 23.4 Å². The molecule has 1 amide bonds. The summed E-state index contributed by atoms with van der Waals surface area (Å²) >= 11 is 0. The molecule has 5 nitrogen and oxygen atoms in total. The van der Waals surface area contributed by atoms with Gasteiger partial charge in [0.25, 0.3) is 0 Å². The molecule has 0 aromatic heterocycles. The zero-order valence-corrected chi connectivity index (χ0v) is 12.4. The van der Waals surface area contributed by atoms with E-state index in [2.05, 4.69) is 5.32 Å². The van der Waals surface area contributed by atoms with Gasteiger partial charge in [0.2, 0.25) is 5.91 Å². The van der Waals surface area contributed by atoms with Gasteiger partial charge in [0.15, 0.2) is 11.5 Å². The molecule has 1 N–H and O–H groups in total. The molecule has 0 spiro atoms. The molecule has 0 saturated carbocycles. The topological polar surface area (TPSA) is 56.8 Å². The fourth-order valence-corrected chi connectivity index (χ4v) is 2.16. The summed E-state index contributed by atoms with van der Waals surface area (Å²) in [5.41, 5.74) is 0.630. The fraction of sp³-hybridized carbons (Fsp3) is 0.235. The Kier molecular flexibility index (Phi) is 4.61. The summed E-state index contributed by atoms with van der Waals surface area (Å²) in [6, 6.07) is 11.0. The van der Waals surface area contributed by atoms with Gasteiger partial charge in [-0.2, -0.15) is 0 Å². The Morgan fingerprint density at radius 1 is 1.13 bits per heavy atom. The molecular weight excluding hydrogens is 301 g/mol. The Hall–Kier alpha value is -2.76. The van der Waals surface area contributed by atoms with Crippen LogP contribution in [0.3, 0.4) is 0 Å². The summed E-state index contributed by atoms with van der Waals surface area (Å²) in [7, 11) is 0. The summed E-state index contributed by atoms with van der Waals surface area (Å²) in [5, 5.41) is 2.76. The van der Waals surface area contributed by atoms with Crippen LogP contribution in [0, 0.1) is 5.82 Å². The third kappa shape index (κ3) is 4.12. The molecule has 2 aromatic rings. The SMILES string of the molecule is O=C(CCOc1cccc(F)c1)Nc1ccc2c(c1)OCCO2. The largest absolute Gasteiger partial charge is 0.493 e. The standard InChI is InChI=1S/C17H16FNO4/c18-12-2-1-3-14(10-12)21-7-6-17(20)19-13-4-5-15-16(11-13)23-9-8-22-15/h1-5,10-11H,6-9H2,(H,19,20). The molecular formula is C17H16FNO4. The van der Waals surface area contributed by atoms with Crippen molar-refractivity contribution in [3.63, 3.8) is 0 Å². The number of nitrogens with one attached hydrogen (secondary N) is 1. The van der Waals surface area contributed by atoms with Gasteiger partial charge in [0.05, 0.1) is 13.0 Å². The maximum Gasteiger partial charge on any atom is 0.227 e. The summed E-state index contributed by atoms with van der Waals surface area (Å²) < 4.78 is 29.2. The molecule has 3 rings (SSSR count). The van der Waals surface area contributed by atoms with Crippen LogP contribution in [-0.2, 0) is 4.79 Å². The molecule has 0 bridgehead atoms.